The van der Waals surface area contributed by atoms with Crippen LogP contribution in [0.2, 0.25) is 0 Å². The van der Waals surface area contributed by atoms with Gasteiger partial charge in [-0.1, -0.05) is 6.07 Å². The molecule has 1 amide bonds. The van der Waals surface area contributed by atoms with Gasteiger partial charge in [-0.15, -0.1) is 11.3 Å². The fraction of sp³-hybridized carbons (Fsp3) is 0.421. The van der Waals surface area contributed by atoms with Crippen molar-refractivity contribution >= 4 is 22.9 Å². The lowest BCUT2D eigenvalue weighted by atomic mass is 9.95. The monoisotopic (exact) mass is 424 g/mol. The van der Waals surface area contributed by atoms with Gasteiger partial charge in [0.1, 0.15) is 6.61 Å². The summed E-state index contributed by atoms with van der Waals surface area (Å²) in [5, 5.41) is 6.03. The van der Waals surface area contributed by atoms with E-state index in [4.69, 9.17) is 4.74 Å². The Morgan fingerprint density at radius 1 is 1.38 bits per heavy atom. The van der Waals surface area contributed by atoms with Gasteiger partial charge in [0.2, 0.25) is 5.91 Å². The quantitative estimate of drug-likeness (QED) is 0.639. The van der Waals surface area contributed by atoms with Crippen LogP contribution in [-0.2, 0) is 15.7 Å². The molecule has 0 saturated carbocycles. The largest absolute Gasteiger partial charge is 0.433 e. The molecule has 0 aliphatic carbocycles. The van der Waals surface area contributed by atoms with Crippen molar-refractivity contribution in [1.29, 1.82) is 0 Å². The Labute approximate surface area is 168 Å². The van der Waals surface area contributed by atoms with Gasteiger partial charge in [0.05, 0.1) is 16.3 Å². The van der Waals surface area contributed by atoms with Crippen LogP contribution in [0.15, 0.2) is 29.6 Å². The van der Waals surface area contributed by atoms with Gasteiger partial charge in [0, 0.05) is 32.2 Å². The maximum absolute atomic E-state index is 13.7. The minimum atomic E-state index is -4.57. The summed E-state index contributed by atoms with van der Waals surface area (Å²) in [6, 6.07) is 6.14. The summed E-state index contributed by atoms with van der Waals surface area (Å²) in [4.78, 5) is 18.9. The molecule has 0 aromatic carbocycles. The first kappa shape index (κ1) is 19.8. The Balaban J connectivity index is 1.72. The Morgan fingerprint density at radius 2 is 2.21 bits per heavy atom. The smallest absolute Gasteiger partial charge is 0.375 e. The average molecular weight is 424 g/mol. The number of likely N-dealkylation sites (tertiary alicyclic amines) is 1. The number of ether oxygens (including phenoxy) is 1. The second-order valence-electron chi connectivity index (χ2n) is 6.95. The van der Waals surface area contributed by atoms with E-state index < -0.39 is 11.9 Å². The Bertz CT molecular complexity index is 1020. The first-order chi connectivity index (χ1) is 13.9. The highest BCUT2D eigenvalue weighted by atomic mass is 32.1. The molecule has 1 atom stereocenters. The normalized spacial score (nSPS) is 17.8. The van der Waals surface area contributed by atoms with Crippen molar-refractivity contribution < 1.29 is 22.7 Å². The molecule has 0 N–H and O–H groups in total. The Morgan fingerprint density at radius 3 is 2.90 bits per heavy atom. The number of alkyl halides is 3. The van der Waals surface area contributed by atoms with E-state index >= 15 is 0 Å². The Kier molecular flexibility index (Phi) is 5.30. The standard InChI is InChI=1S/C19H19F3N4O2S/c1-28-11-18(27)25-6-2-4-12(10-25)13-9-17-23-14(15-5-3-7-29-15)8-16(19(20,21)22)26(17)24-13/h3,5,7-9,12H,2,4,6,10-11H2,1H3. The molecule has 29 heavy (non-hydrogen) atoms. The van der Waals surface area contributed by atoms with E-state index in [-0.39, 0.29) is 29.8 Å². The number of methoxy groups -OCH3 is 1. The van der Waals surface area contributed by atoms with E-state index in [1.807, 2.05) is 0 Å². The van der Waals surface area contributed by atoms with Crippen LogP contribution in [0.1, 0.15) is 30.1 Å². The van der Waals surface area contributed by atoms with Gasteiger partial charge in [-0.25, -0.2) is 9.50 Å². The zero-order chi connectivity index (χ0) is 20.6. The molecule has 1 fully saturated rings. The van der Waals surface area contributed by atoms with Gasteiger partial charge in [-0.2, -0.15) is 18.3 Å². The molecule has 10 heteroatoms. The summed E-state index contributed by atoms with van der Waals surface area (Å²) in [5.74, 6) is -0.271. The minimum absolute atomic E-state index is 0.0121. The highest BCUT2D eigenvalue weighted by Gasteiger charge is 2.36. The van der Waals surface area contributed by atoms with E-state index in [9.17, 15) is 18.0 Å². The van der Waals surface area contributed by atoms with Crippen LogP contribution in [-0.4, -0.2) is 52.2 Å². The summed E-state index contributed by atoms with van der Waals surface area (Å²) < 4.78 is 46.8. The van der Waals surface area contributed by atoms with Gasteiger partial charge < -0.3 is 9.64 Å². The molecule has 1 saturated heterocycles. The van der Waals surface area contributed by atoms with E-state index in [0.717, 1.165) is 23.4 Å². The molecule has 4 rings (SSSR count). The number of hydrogen-bond donors (Lipinski definition) is 0. The number of thiophene rings is 1. The number of nitrogens with zero attached hydrogens (tertiary/aromatic N) is 4. The predicted molar refractivity (Wildman–Crippen MR) is 102 cm³/mol. The van der Waals surface area contributed by atoms with Crippen LogP contribution in [0, 0.1) is 0 Å². The number of rotatable bonds is 4. The predicted octanol–water partition coefficient (Wildman–Crippen LogP) is 3.83. The second-order valence-corrected chi connectivity index (χ2v) is 7.90. The van der Waals surface area contributed by atoms with E-state index in [2.05, 4.69) is 10.1 Å². The molecule has 0 spiro atoms. The third kappa shape index (κ3) is 3.99. The fourth-order valence-corrected chi connectivity index (χ4v) is 4.29. The highest BCUT2D eigenvalue weighted by Crippen LogP contribution is 2.35. The molecule has 0 radical (unpaired) electrons. The molecule has 1 aliphatic heterocycles. The molecule has 1 unspecified atom stereocenters. The van der Waals surface area contributed by atoms with E-state index in [1.165, 1.54) is 18.4 Å². The van der Waals surface area contributed by atoms with Crippen molar-refractivity contribution in [2.75, 3.05) is 26.8 Å². The van der Waals surface area contributed by atoms with Crippen LogP contribution in [0.3, 0.4) is 0 Å². The number of amides is 1. The second kappa shape index (κ2) is 7.75. The molecule has 154 valence electrons. The van der Waals surface area contributed by atoms with Crippen LogP contribution < -0.4 is 0 Å². The number of fused-ring (bicyclic) bond motifs is 1. The summed E-state index contributed by atoms with van der Waals surface area (Å²) in [7, 11) is 1.46. The molecule has 1 aliphatic rings. The van der Waals surface area contributed by atoms with Crippen LogP contribution >= 0.6 is 11.3 Å². The highest BCUT2D eigenvalue weighted by molar-refractivity contribution is 7.13. The first-order valence-electron chi connectivity index (χ1n) is 9.15. The van der Waals surface area contributed by atoms with Crippen LogP contribution in [0.25, 0.3) is 16.2 Å². The van der Waals surface area contributed by atoms with Crippen molar-refractivity contribution in [3.05, 3.63) is 41.0 Å². The molecule has 3 aromatic rings. The maximum atomic E-state index is 13.7. The van der Waals surface area contributed by atoms with Gasteiger partial charge in [0.15, 0.2) is 11.3 Å². The maximum Gasteiger partial charge on any atom is 0.433 e. The lowest BCUT2D eigenvalue weighted by Gasteiger charge is -2.31. The first-order valence-corrected chi connectivity index (χ1v) is 10.0. The summed E-state index contributed by atoms with van der Waals surface area (Å²) in [6.45, 7) is 1.01. The summed E-state index contributed by atoms with van der Waals surface area (Å²) >= 11 is 1.33. The number of carbonyl (C=O) groups excluding carboxylic acids is 1. The van der Waals surface area contributed by atoms with Crippen molar-refractivity contribution in [3.8, 4) is 10.6 Å². The number of carbonyl (C=O) groups is 1. The molecule has 4 heterocycles. The summed E-state index contributed by atoms with van der Waals surface area (Å²) in [5.41, 5.74) is 0.0758. The molecule has 3 aromatic heterocycles. The number of aromatic nitrogens is 3. The molecular formula is C19H19F3N4O2S. The zero-order valence-electron chi connectivity index (χ0n) is 15.6. The SMILES string of the molecule is COCC(=O)N1CCCC(c2cc3nc(-c4cccs4)cc(C(F)(F)F)n3n2)C1. The van der Waals surface area contributed by atoms with Crippen LogP contribution in [0.4, 0.5) is 13.2 Å². The van der Waals surface area contributed by atoms with Crippen molar-refractivity contribution in [3.63, 3.8) is 0 Å². The zero-order valence-corrected chi connectivity index (χ0v) is 16.5. The van der Waals surface area contributed by atoms with Gasteiger partial charge in [0.25, 0.3) is 0 Å². The lowest BCUT2D eigenvalue weighted by molar-refractivity contribution is -0.142. The number of piperidine rings is 1. The van der Waals surface area contributed by atoms with Gasteiger partial charge in [-0.05, 0) is 30.4 Å². The minimum Gasteiger partial charge on any atom is -0.375 e. The fourth-order valence-electron chi connectivity index (χ4n) is 3.60. The van der Waals surface area contributed by atoms with E-state index in [1.54, 1.807) is 28.5 Å². The average Bonchev–Trinajstić information content (AvgIpc) is 3.36. The third-order valence-electron chi connectivity index (χ3n) is 4.97. The number of halogens is 3. The van der Waals surface area contributed by atoms with Gasteiger partial charge >= 0.3 is 6.18 Å². The van der Waals surface area contributed by atoms with Crippen molar-refractivity contribution in [2.45, 2.75) is 24.9 Å². The van der Waals surface area contributed by atoms with Crippen LogP contribution in [0.5, 0.6) is 0 Å². The number of hydrogen-bond acceptors (Lipinski definition) is 5. The molecule has 6 nitrogen and oxygen atoms in total. The van der Waals surface area contributed by atoms with Crippen molar-refractivity contribution in [1.82, 2.24) is 19.5 Å². The lowest BCUT2D eigenvalue weighted by Crippen LogP contribution is -2.41. The third-order valence-corrected chi connectivity index (χ3v) is 5.86. The molecular weight excluding hydrogens is 405 g/mol. The Hall–Kier alpha value is -2.46. The van der Waals surface area contributed by atoms with E-state index in [0.29, 0.717) is 23.7 Å². The topological polar surface area (TPSA) is 59.7 Å². The van der Waals surface area contributed by atoms with Gasteiger partial charge in [-0.3, -0.25) is 4.79 Å². The molecule has 0 bridgehead atoms. The summed E-state index contributed by atoms with van der Waals surface area (Å²) in [6.07, 6.45) is -3.06. The van der Waals surface area contributed by atoms with Crippen molar-refractivity contribution in [2.24, 2.45) is 0 Å².